The number of ether oxygens (including phenoxy) is 4. The monoisotopic (exact) mass is 463 g/mol. The van der Waals surface area contributed by atoms with Crippen LogP contribution in [-0.4, -0.2) is 13.6 Å². The van der Waals surface area contributed by atoms with E-state index in [9.17, 15) is 4.39 Å². The molecule has 0 radical (unpaired) electrons. The first-order valence-electron chi connectivity index (χ1n) is 10.7. The van der Waals surface area contributed by atoms with Crippen LogP contribution < -0.4 is 35.9 Å². The second-order valence-electron chi connectivity index (χ2n) is 8.33. The van der Waals surface area contributed by atoms with Crippen LogP contribution in [-0.2, 0) is 19.4 Å². The number of aromatic nitrogens is 1. The number of fused-ring (bicyclic) bond motifs is 7. The molecule has 0 amide bonds. The largest absolute Gasteiger partial charge is 1.00 e. The molecule has 1 aromatic heterocycles. The van der Waals surface area contributed by atoms with Crippen molar-refractivity contribution in [3.63, 3.8) is 0 Å². The summed E-state index contributed by atoms with van der Waals surface area (Å²) in [5, 5.41) is 2.09. The van der Waals surface area contributed by atoms with Gasteiger partial charge < -0.3 is 31.4 Å². The van der Waals surface area contributed by atoms with Crippen LogP contribution in [0.2, 0.25) is 0 Å². The summed E-state index contributed by atoms with van der Waals surface area (Å²) in [4.78, 5) is 0. The molecule has 7 rings (SSSR count). The minimum absolute atomic E-state index is 0. The van der Waals surface area contributed by atoms with Crippen molar-refractivity contribution in [1.82, 2.24) is 0 Å². The van der Waals surface area contributed by atoms with Crippen molar-refractivity contribution in [3.8, 4) is 34.3 Å². The minimum Gasteiger partial charge on any atom is -1.00 e. The summed E-state index contributed by atoms with van der Waals surface area (Å²) in [6.45, 7) is 1.30. The van der Waals surface area contributed by atoms with Crippen molar-refractivity contribution < 1.29 is 40.3 Å². The zero-order chi connectivity index (χ0) is 21.2. The Labute approximate surface area is 195 Å². The van der Waals surface area contributed by atoms with Gasteiger partial charge in [0.1, 0.15) is 5.82 Å². The first-order valence-corrected chi connectivity index (χ1v) is 10.7. The van der Waals surface area contributed by atoms with Crippen molar-refractivity contribution in [2.75, 3.05) is 13.6 Å². The number of benzene rings is 3. The Morgan fingerprint density at radius 3 is 2.55 bits per heavy atom. The third kappa shape index (κ3) is 3.09. The smallest absolute Gasteiger partial charge is 0.231 e. The van der Waals surface area contributed by atoms with Gasteiger partial charge in [0.25, 0.3) is 0 Å². The van der Waals surface area contributed by atoms with E-state index in [0.29, 0.717) is 6.42 Å². The molecule has 3 aliphatic heterocycles. The zero-order valence-electron chi connectivity index (χ0n) is 17.6. The maximum Gasteiger partial charge on any atom is 0.231 e. The molecule has 33 heavy (non-hydrogen) atoms. The summed E-state index contributed by atoms with van der Waals surface area (Å²) in [5.74, 6) is 2.86. The molecule has 5 nitrogen and oxygen atoms in total. The topological polar surface area (TPSA) is 40.8 Å². The Morgan fingerprint density at radius 2 is 1.67 bits per heavy atom. The first kappa shape index (κ1) is 20.1. The molecule has 0 fully saturated rings. The summed E-state index contributed by atoms with van der Waals surface area (Å²) in [7, 11) is 0. The van der Waals surface area contributed by atoms with Crippen molar-refractivity contribution in [3.05, 3.63) is 77.2 Å². The van der Waals surface area contributed by atoms with Crippen molar-refractivity contribution in [2.45, 2.75) is 19.4 Å². The third-order valence-electron chi connectivity index (χ3n) is 6.51. The fourth-order valence-electron chi connectivity index (χ4n) is 5.08. The predicted molar refractivity (Wildman–Crippen MR) is 115 cm³/mol. The van der Waals surface area contributed by atoms with E-state index in [1.807, 2.05) is 12.1 Å². The normalized spacial score (nSPS) is 14.6. The van der Waals surface area contributed by atoms with Gasteiger partial charge in [-0.15, -0.1) is 0 Å². The van der Waals surface area contributed by atoms with Gasteiger partial charge in [-0.2, -0.15) is 4.57 Å². The quantitative estimate of drug-likeness (QED) is 0.423. The van der Waals surface area contributed by atoms with Crippen molar-refractivity contribution >= 4 is 10.8 Å². The lowest BCUT2D eigenvalue weighted by Crippen LogP contribution is -3.00. The molecular formula is C26H19ClFNO4. The molecule has 3 aromatic carbocycles. The van der Waals surface area contributed by atoms with Crippen LogP contribution in [0, 0.1) is 5.82 Å². The maximum atomic E-state index is 14.0. The summed E-state index contributed by atoms with van der Waals surface area (Å²) < 4.78 is 39.0. The average molecular weight is 464 g/mol. The van der Waals surface area contributed by atoms with Gasteiger partial charge in [-0.05, 0) is 47.5 Å². The number of pyridine rings is 1. The van der Waals surface area contributed by atoms with E-state index in [1.54, 1.807) is 12.1 Å². The Morgan fingerprint density at radius 1 is 0.848 bits per heavy atom. The Bertz CT molecular complexity index is 1440. The molecule has 4 aromatic rings. The van der Waals surface area contributed by atoms with Gasteiger partial charge in [0.2, 0.25) is 19.3 Å². The van der Waals surface area contributed by atoms with E-state index in [0.717, 1.165) is 69.1 Å². The molecule has 0 saturated heterocycles. The number of halogens is 2. The molecule has 166 valence electrons. The Hall–Kier alpha value is -3.51. The molecule has 0 N–H and O–H groups in total. The number of nitrogens with zero attached hydrogens (tertiary/aromatic N) is 1. The zero-order valence-corrected chi connectivity index (χ0v) is 18.3. The molecule has 4 heterocycles. The summed E-state index contributed by atoms with van der Waals surface area (Å²) >= 11 is 0. The van der Waals surface area contributed by atoms with Gasteiger partial charge in [0.05, 0.1) is 10.9 Å². The molecule has 0 bridgehead atoms. The van der Waals surface area contributed by atoms with Crippen LogP contribution in [0.3, 0.4) is 0 Å². The number of hydrogen-bond acceptors (Lipinski definition) is 4. The van der Waals surface area contributed by atoms with Gasteiger partial charge in [-0.1, -0.05) is 12.1 Å². The van der Waals surface area contributed by atoms with Crippen LogP contribution in [0.1, 0.15) is 16.7 Å². The first-order chi connectivity index (χ1) is 15.7. The highest BCUT2D eigenvalue weighted by atomic mass is 35.5. The van der Waals surface area contributed by atoms with E-state index >= 15 is 0 Å². The van der Waals surface area contributed by atoms with Crippen molar-refractivity contribution in [1.29, 1.82) is 0 Å². The van der Waals surface area contributed by atoms with Crippen LogP contribution in [0.4, 0.5) is 4.39 Å². The predicted octanol–water partition coefficient (Wildman–Crippen LogP) is 1.54. The van der Waals surface area contributed by atoms with E-state index in [4.69, 9.17) is 18.9 Å². The van der Waals surface area contributed by atoms with Gasteiger partial charge in [0, 0.05) is 23.8 Å². The van der Waals surface area contributed by atoms with Crippen LogP contribution in [0.15, 0.2) is 54.7 Å². The van der Waals surface area contributed by atoms with Gasteiger partial charge in [-0.3, -0.25) is 0 Å². The van der Waals surface area contributed by atoms with E-state index in [-0.39, 0.29) is 31.8 Å². The third-order valence-corrected chi connectivity index (χ3v) is 6.51. The van der Waals surface area contributed by atoms with E-state index in [2.05, 4.69) is 29.0 Å². The number of rotatable bonds is 2. The summed E-state index contributed by atoms with van der Waals surface area (Å²) in [5.41, 5.74) is 5.54. The lowest BCUT2D eigenvalue weighted by atomic mass is 9.88. The van der Waals surface area contributed by atoms with Crippen LogP contribution in [0.5, 0.6) is 23.0 Å². The summed E-state index contributed by atoms with van der Waals surface area (Å²) in [6, 6.07) is 15.0. The van der Waals surface area contributed by atoms with Crippen molar-refractivity contribution in [2.24, 2.45) is 0 Å². The molecule has 0 unspecified atom stereocenters. The lowest BCUT2D eigenvalue weighted by Gasteiger charge is -2.20. The Balaban J connectivity index is 0.00000206. The number of aryl methyl sites for hydroxylation is 2. The second-order valence-corrected chi connectivity index (χ2v) is 8.33. The summed E-state index contributed by atoms with van der Waals surface area (Å²) in [6.07, 6.45) is 3.64. The van der Waals surface area contributed by atoms with Crippen LogP contribution >= 0.6 is 0 Å². The molecule has 7 heteroatoms. The molecular weight excluding hydrogens is 445 g/mol. The highest BCUT2D eigenvalue weighted by molar-refractivity contribution is 5.95. The van der Waals surface area contributed by atoms with Gasteiger partial charge in [-0.25, -0.2) is 4.39 Å². The minimum atomic E-state index is -0.231. The standard InChI is InChI=1S/C26H19FNO4.ClH/c27-17-3-1-2-15(8-17)9-20-18-4-5-22-26(32-14-29-22)21(18)12-28-7-6-16-10-23-24(31-13-30-23)11-19(16)25(20)28;/h1-5,8,10-12H,6-7,9,13-14H2;1H/q+1;/p-1. The number of hydrogen-bond donors (Lipinski definition) is 0. The van der Waals surface area contributed by atoms with Gasteiger partial charge in [0.15, 0.2) is 35.7 Å². The molecule has 3 aliphatic rings. The van der Waals surface area contributed by atoms with E-state index < -0.39 is 0 Å². The molecule has 0 aliphatic carbocycles. The maximum absolute atomic E-state index is 14.0. The fourth-order valence-corrected chi connectivity index (χ4v) is 5.08. The Kier molecular flexibility index (Phi) is 4.59. The average Bonchev–Trinajstić information content (AvgIpc) is 3.46. The van der Waals surface area contributed by atoms with E-state index in [1.165, 1.54) is 11.6 Å². The molecule has 0 atom stereocenters. The SMILES string of the molecule is Fc1cccc(Cc2c3[n+](cc4c5c(ccc24)OCO5)CCc2cc4c(cc2-3)OCO4)c1.[Cl-]. The highest BCUT2D eigenvalue weighted by Gasteiger charge is 2.33. The highest BCUT2D eigenvalue weighted by Crippen LogP contribution is 2.45. The second kappa shape index (κ2) is 7.52. The molecule has 0 saturated carbocycles. The van der Waals surface area contributed by atoms with Gasteiger partial charge >= 0.3 is 0 Å². The lowest BCUT2D eigenvalue weighted by molar-refractivity contribution is -0.686. The van der Waals surface area contributed by atoms with Crippen LogP contribution in [0.25, 0.3) is 22.0 Å². The fraction of sp³-hybridized carbons (Fsp3) is 0.192. The molecule has 0 spiro atoms.